The molecule has 1 aromatic rings. The lowest BCUT2D eigenvalue weighted by molar-refractivity contribution is -0.130. The molecule has 0 aliphatic rings. The van der Waals surface area contributed by atoms with Crippen molar-refractivity contribution >= 4 is 12.0 Å². The molecule has 5 heteroatoms. The summed E-state index contributed by atoms with van der Waals surface area (Å²) in [5.41, 5.74) is 1.54. The summed E-state index contributed by atoms with van der Waals surface area (Å²) in [5, 5.41) is 2.67. The molecular weight excluding hydrogens is 280 g/mol. The molecule has 0 aromatic heterocycles. The number of rotatable bonds is 4. The minimum Gasteiger partial charge on any atom is -0.444 e. The van der Waals surface area contributed by atoms with Crippen molar-refractivity contribution in [2.45, 2.75) is 45.8 Å². The molecule has 0 aliphatic carbocycles. The number of carbonyl (C=O) groups is 2. The number of alkyl carbamates (subject to hydrolysis) is 1. The molecule has 1 aromatic carbocycles. The molecule has 1 atom stereocenters. The lowest BCUT2D eigenvalue weighted by Gasteiger charge is -2.25. The second-order valence-electron chi connectivity index (χ2n) is 6.62. The van der Waals surface area contributed by atoms with Gasteiger partial charge in [0.2, 0.25) is 5.91 Å². The average molecular weight is 306 g/mol. The third-order valence-corrected chi connectivity index (χ3v) is 2.99. The zero-order valence-corrected chi connectivity index (χ0v) is 14.3. The van der Waals surface area contributed by atoms with Gasteiger partial charge in [0.25, 0.3) is 0 Å². The summed E-state index contributed by atoms with van der Waals surface area (Å²) in [6, 6.07) is 7.25. The maximum absolute atomic E-state index is 12.3. The summed E-state index contributed by atoms with van der Waals surface area (Å²) in [5.74, 6) is -0.161. The fraction of sp³-hybridized carbons (Fsp3) is 0.529. The van der Waals surface area contributed by atoms with Gasteiger partial charge in [0, 0.05) is 20.5 Å². The number of nitrogens with one attached hydrogen (secondary N) is 1. The number of ether oxygens (including phenoxy) is 1. The Morgan fingerprint density at radius 2 is 1.73 bits per heavy atom. The minimum atomic E-state index is -0.646. The van der Waals surface area contributed by atoms with E-state index < -0.39 is 17.7 Å². The van der Waals surface area contributed by atoms with Crippen molar-refractivity contribution in [3.63, 3.8) is 0 Å². The Bertz CT molecular complexity index is 516. The Balaban J connectivity index is 2.82. The normalized spacial score (nSPS) is 12.5. The maximum Gasteiger partial charge on any atom is 0.408 e. The van der Waals surface area contributed by atoms with Crippen LogP contribution in [-0.4, -0.2) is 42.6 Å². The molecule has 0 saturated heterocycles. The van der Waals surface area contributed by atoms with Gasteiger partial charge in [-0.05, 0) is 33.3 Å². The van der Waals surface area contributed by atoms with E-state index in [1.807, 2.05) is 31.2 Å². The topological polar surface area (TPSA) is 58.6 Å². The van der Waals surface area contributed by atoms with Gasteiger partial charge in [0.1, 0.15) is 11.6 Å². The molecule has 2 amide bonds. The summed E-state index contributed by atoms with van der Waals surface area (Å²) in [4.78, 5) is 25.7. The Morgan fingerprint density at radius 3 is 2.18 bits per heavy atom. The number of aryl methyl sites for hydroxylation is 1. The van der Waals surface area contributed by atoms with Crippen molar-refractivity contribution in [3.05, 3.63) is 35.4 Å². The van der Waals surface area contributed by atoms with Crippen molar-refractivity contribution in [2.24, 2.45) is 0 Å². The fourth-order valence-corrected chi connectivity index (χ4v) is 1.92. The van der Waals surface area contributed by atoms with E-state index >= 15 is 0 Å². The van der Waals surface area contributed by atoms with Crippen LogP contribution in [0.5, 0.6) is 0 Å². The van der Waals surface area contributed by atoms with Crippen molar-refractivity contribution < 1.29 is 14.3 Å². The van der Waals surface area contributed by atoms with Gasteiger partial charge >= 0.3 is 6.09 Å². The van der Waals surface area contributed by atoms with Gasteiger partial charge in [0.05, 0.1) is 0 Å². The Kier molecular flexibility index (Phi) is 5.97. The van der Waals surface area contributed by atoms with Crippen LogP contribution in [0.4, 0.5) is 4.79 Å². The maximum atomic E-state index is 12.3. The SMILES string of the molecule is Cc1ccc(C[C@H](NC(=O)OC(C)(C)C)C(=O)N(C)C)cc1. The number of hydrogen-bond acceptors (Lipinski definition) is 3. The molecule has 0 aliphatic heterocycles. The van der Waals surface area contributed by atoms with Crippen LogP contribution in [0.3, 0.4) is 0 Å². The number of benzene rings is 1. The number of amides is 2. The van der Waals surface area contributed by atoms with Crippen LogP contribution in [0, 0.1) is 6.92 Å². The third kappa shape index (κ3) is 6.16. The number of carbonyl (C=O) groups excluding carboxylic acids is 2. The molecule has 1 N–H and O–H groups in total. The van der Waals surface area contributed by atoms with E-state index in [4.69, 9.17) is 4.74 Å². The fourth-order valence-electron chi connectivity index (χ4n) is 1.92. The highest BCUT2D eigenvalue weighted by atomic mass is 16.6. The lowest BCUT2D eigenvalue weighted by Crippen LogP contribution is -2.48. The summed E-state index contributed by atoms with van der Waals surface area (Å²) in [6.07, 6.45) is -0.156. The molecule has 0 fully saturated rings. The standard InChI is InChI=1S/C17H26N2O3/c1-12-7-9-13(10-8-12)11-14(15(20)19(5)6)18-16(21)22-17(2,3)4/h7-10,14H,11H2,1-6H3,(H,18,21)/t14-/m0/s1. The molecule has 0 bridgehead atoms. The van der Waals surface area contributed by atoms with E-state index in [1.54, 1.807) is 34.9 Å². The zero-order chi connectivity index (χ0) is 16.9. The monoisotopic (exact) mass is 306 g/mol. The quantitative estimate of drug-likeness (QED) is 0.930. The predicted molar refractivity (Wildman–Crippen MR) is 86.7 cm³/mol. The highest BCUT2D eigenvalue weighted by Crippen LogP contribution is 2.10. The van der Waals surface area contributed by atoms with E-state index in [2.05, 4.69) is 5.32 Å². The summed E-state index contributed by atoms with van der Waals surface area (Å²) < 4.78 is 5.23. The molecule has 22 heavy (non-hydrogen) atoms. The highest BCUT2D eigenvalue weighted by molar-refractivity contribution is 5.85. The second kappa shape index (κ2) is 7.29. The van der Waals surface area contributed by atoms with Crippen molar-refractivity contribution in [1.82, 2.24) is 10.2 Å². The Hall–Kier alpha value is -2.04. The van der Waals surface area contributed by atoms with Gasteiger partial charge < -0.3 is 15.0 Å². The van der Waals surface area contributed by atoms with Crippen LogP contribution in [0.25, 0.3) is 0 Å². The molecule has 5 nitrogen and oxygen atoms in total. The first kappa shape index (κ1) is 18.0. The van der Waals surface area contributed by atoms with Crippen LogP contribution >= 0.6 is 0 Å². The van der Waals surface area contributed by atoms with Gasteiger partial charge in [-0.15, -0.1) is 0 Å². The van der Waals surface area contributed by atoms with Gasteiger partial charge in [-0.25, -0.2) is 4.79 Å². The smallest absolute Gasteiger partial charge is 0.408 e. The number of likely N-dealkylation sites (N-methyl/N-ethyl adjacent to an activating group) is 1. The van der Waals surface area contributed by atoms with E-state index in [9.17, 15) is 9.59 Å². The molecule has 0 saturated carbocycles. The molecule has 1 rings (SSSR count). The molecule has 0 radical (unpaired) electrons. The summed E-state index contributed by atoms with van der Waals surface area (Å²) in [6.45, 7) is 7.37. The van der Waals surface area contributed by atoms with Gasteiger partial charge in [0.15, 0.2) is 0 Å². The van der Waals surface area contributed by atoms with Gasteiger partial charge in [-0.2, -0.15) is 0 Å². The van der Waals surface area contributed by atoms with E-state index in [1.165, 1.54) is 4.90 Å². The predicted octanol–water partition coefficient (Wildman–Crippen LogP) is 2.52. The Morgan fingerprint density at radius 1 is 1.18 bits per heavy atom. The van der Waals surface area contributed by atoms with E-state index in [0.717, 1.165) is 11.1 Å². The number of nitrogens with zero attached hydrogens (tertiary/aromatic N) is 1. The minimum absolute atomic E-state index is 0.161. The van der Waals surface area contributed by atoms with Gasteiger partial charge in [-0.1, -0.05) is 29.8 Å². The summed E-state index contributed by atoms with van der Waals surface area (Å²) >= 11 is 0. The highest BCUT2D eigenvalue weighted by Gasteiger charge is 2.25. The molecular formula is C17H26N2O3. The van der Waals surface area contributed by atoms with E-state index in [0.29, 0.717) is 6.42 Å². The first-order chi connectivity index (χ1) is 10.1. The first-order valence-electron chi connectivity index (χ1n) is 7.35. The van der Waals surface area contributed by atoms with Gasteiger partial charge in [-0.3, -0.25) is 4.79 Å². The van der Waals surface area contributed by atoms with Crippen molar-refractivity contribution in [1.29, 1.82) is 0 Å². The van der Waals surface area contributed by atoms with Crippen molar-refractivity contribution in [3.8, 4) is 0 Å². The zero-order valence-electron chi connectivity index (χ0n) is 14.3. The van der Waals surface area contributed by atoms with Crippen molar-refractivity contribution in [2.75, 3.05) is 14.1 Å². The Labute approximate surface area is 132 Å². The molecule has 0 spiro atoms. The first-order valence-corrected chi connectivity index (χ1v) is 7.35. The van der Waals surface area contributed by atoms with Crippen LogP contribution in [0.2, 0.25) is 0 Å². The largest absolute Gasteiger partial charge is 0.444 e. The molecule has 0 heterocycles. The second-order valence-corrected chi connectivity index (χ2v) is 6.62. The average Bonchev–Trinajstić information content (AvgIpc) is 2.37. The third-order valence-electron chi connectivity index (χ3n) is 2.99. The lowest BCUT2D eigenvalue weighted by atomic mass is 10.0. The number of hydrogen-bond donors (Lipinski definition) is 1. The van der Waals surface area contributed by atoms with E-state index in [-0.39, 0.29) is 5.91 Å². The summed E-state index contributed by atoms with van der Waals surface area (Å²) in [7, 11) is 3.34. The molecule has 0 unspecified atom stereocenters. The van der Waals surface area contributed by atoms with Crippen LogP contribution in [-0.2, 0) is 16.0 Å². The molecule has 122 valence electrons. The van der Waals surface area contributed by atoms with Crippen LogP contribution in [0.15, 0.2) is 24.3 Å². The van der Waals surface area contributed by atoms with Crippen LogP contribution < -0.4 is 5.32 Å². The van der Waals surface area contributed by atoms with Crippen LogP contribution in [0.1, 0.15) is 31.9 Å².